The molecule has 150 valence electrons. The Kier molecular flexibility index (Phi) is 6.03. The van der Waals surface area contributed by atoms with E-state index < -0.39 is 60.9 Å². The number of hydrogen-bond donors (Lipinski definition) is 0. The lowest BCUT2D eigenvalue weighted by molar-refractivity contribution is -0.168. The zero-order valence-electron chi connectivity index (χ0n) is 14.4. The normalized spacial score (nSPS) is 25.1. The molecule has 0 radical (unpaired) electrons. The Hall–Kier alpha value is -2.70. The highest BCUT2D eigenvalue weighted by atomic mass is 19.4. The predicted octanol–water partition coefficient (Wildman–Crippen LogP) is 0.621. The predicted molar refractivity (Wildman–Crippen MR) is 76.7 cm³/mol. The molecule has 1 aromatic heterocycles. The van der Waals surface area contributed by atoms with Gasteiger partial charge in [-0.05, 0) is 0 Å². The lowest BCUT2D eigenvalue weighted by atomic mass is 10.1. The first-order valence-electron chi connectivity index (χ1n) is 7.61. The van der Waals surface area contributed by atoms with Gasteiger partial charge >= 0.3 is 24.1 Å². The van der Waals surface area contributed by atoms with E-state index in [4.69, 9.17) is 18.9 Å². The van der Waals surface area contributed by atoms with E-state index in [1.54, 1.807) is 0 Å². The SMILES string of the molecule is CC(=O)OC[C@H]1O[C@@H](n2nncc2C(F)(F)F)[C@H](OC(C)=O)[C@@H]1OC(C)=O. The molecule has 27 heavy (non-hydrogen) atoms. The molecule has 0 N–H and O–H groups in total. The first-order valence-corrected chi connectivity index (χ1v) is 7.61. The molecule has 1 fully saturated rings. The van der Waals surface area contributed by atoms with Crippen LogP contribution in [-0.2, 0) is 39.5 Å². The van der Waals surface area contributed by atoms with Crippen molar-refractivity contribution in [2.24, 2.45) is 0 Å². The van der Waals surface area contributed by atoms with Crippen molar-refractivity contribution in [1.29, 1.82) is 0 Å². The number of aromatic nitrogens is 3. The summed E-state index contributed by atoms with van der Waals surface area (Å²) in [6, 6.07) is 0. The van der Waals surface area contributed by atoms with Crippen LogP contribution in [0.5, 0.6) is 0 Å². The summed E-state index contributed by atoms with van der Waals surface area (Å²) in [4.78, 5) is 33.9. The molecule has 0 amide bonds. The molecule has 2 heterocycles. The van der Waals surface area contributed by atoms with Gasteiger partial charge in [-0.2, -0.15) is 13.2 Å². The van der Waals surface area contributed by atoms with Crippen LogP contribution in [-0.4, -0.2) is 57.8 Å². The van der Waals surface area contributed by atoms with E-state index >= 15 is 0 Å². The second-order valence-electron chi connectivity index (χ2n) is 5.58. The summed E-state index contributed by atoms with van der Waals surface area (Å²) < 4.78 is 60.2. The minimum Gasteiger partial charge on any atom is -0.463 e. The van der Waals surface area contributed by atoms with Crippen LogP contribution in [0.15, 0.2) is 6.20 Å². The van der Waals surface area contributed by atoms with Crippen LogP contribution in [0.25, 0.3) is 0 Å². The van der Waals surface area contributed by atoms with Gasteiger partial charge in [0.25, 0.3) is 0 Å². The molecule has 0 aliphatic carbocycles. The molecule has 2 rings (SSSR count). The maximum atomic E-state index is 13.2. The number of hydrogen-bond acceptors (Lipinski definition) is 9. The number of rotatable bonds is 5. The number of ether oxygens (including phenoxy) is 4. The number of esters is 3. The lowest BCUT2D eigenvalue weighted by Crippen LogP contribution is -2.41. The number of carbonyl (C=O) groups is 3. The van der Waals surface area contributed by atoms with Crippen molar-refractivity contribution in [3.8, 4) is 0 Å². The van der Waals surface area contributed by atoms with E-state index in [1.807, 2.05) is 0 Å². The molecule has 0 unspecified atom stereocenters. The molecule has 0 bridgehead atoms. The van der Waals surface area contributed by atoms with E-state index in [2.05, 4.69) is 10.3 Å². The summed E-state index contributed by atoms with van der Waals surface area (Å²) in [7, 11) is 0. The Bertz CT molecular complexity index is 721. The average Bonchev–Trinajstić information content (AvgIpc) is 3.10. The maximum Gasteiger partial charge on any atom is 0.434 e. The maximum absolute atomic E-state index is 13.2. The van der Waals surface area contributed by atoms with E-state index in [1.165, 1.54) is 0 Å². The average molecular weight is 395 g/mol. The molecular weight excluding hydrogens is 379 g/mol. The third kappa shape index (κ3) is 4.93. The second-order valence-corrected chi connectivity index (χ2v) is 5.58. The first-order chi connectivity index (χ1) is 12.5. The van der Waals surface area contributed by atoms with Crippen molar-refractivity contribution >= 4 is 17.9 Å². The molecular formula is C14H16F3N3O7. The van der Waals surface area contributed by atoms with Crippen LogP contribution in [0.4, 0.5) is 13.2 Å². The van der Waals surface area contributed by atoms with Crippen molar-refractivity contribution in [3.05, 3.63) is 11.9 Å². The summed E-state index contributed by atoms with van der Waals surface area (Å²) in [6.07, 6.45) is -9.97. The Morgan fingerprint density at radius 3 is 2.22 bits per heavy atom. The molecule has 1 aromatic rings. The minimum absolute atomic E-state index is 0.373. The summed E-state index contributed by atoms with van der Waals surface area (Å²) >= 11 is 0. The molecule has 0 aromatic carbocycles. The standard InChI is InChI=1S/C14H16F3N3O7/c1-6(21)24-5-9-11(25-7(2)22)12(26-8(3)23)13(27-9)20-10(4-18-19-20)14(15,16)17/h4,9,11-13H,5H2,1-3H3/t9-,11-,12-,13-/m1/s1. The fourth-order valence-electron chi connectivity index (χ4n) is 2.52. The van der Waals surface area contributed by atoms with Gasteiger partial charge in [0.15, 0.2) is 24.1 Å². The molecule has 0 spiro atoms. The van der Waals surface area contributed by atoms with Crippen LogP contribution < -0.4 is 0 Å². The molecule has 0 saturated carbocycles. The summed E-state index contributed by atoms with van der Waals surface area (Å²) in [6.45, 7) is 2.73. The van der Waals surface area contributed by atoms with Crippen LogP contribution in [0, 0.1) is 0 Å². The molecule has 1 saturated heterocycles. The topological polar surface area (TPSA) is 119 Å². The monoisotopic (exact) mass is 395 g/mol. The molecule has 4 atom stereocenters. The third-order valence-corrected chi connectivity index (χ3v) is 3.45. The van der Waals surface area contributed by atoms with Gasteiger partial charge in [0.1, 0.15) is 12.7 Å². The van der Waals surface area contributed by atoms with E-state index in [9.17, 15) is 27.6 Å². The highest BCUT2D eigenvalue weighted by Gasteiger charge is 2.53. The number of alkyl halides is 3. The smallest absolute Gasteiger partial charge is 0.434 e. The van der Waals surface area contributed by atoms with Gasteiger partial charge in [0, 0.05) is 20.8 Å². The Balaban J connectivity index is 2.42. The van der Waals surface area contributed by atoms with Crippen molar-refractivity contribution in [2.75, 3.05) is 6.61 Å². The highest BCUT2D eigenvalue weighted by Crippen LogP contribution is 2.38. The number of halogens is 3. The van der Waals surface area contributed by atoms with E-state index in [0.29, 0.717) is 10.9 Å². The largest absolute Gasteiger partial charge is 0.463 e. The van der Waals surface area contributed by atoms with Crippen molar-refractivity contribution < 1.29 is 46.5 Å². The third-order valence-electron chi connectivity index (χ3n) is 3.45. The Morgan fingerprint density at radius 2 is 1.70 bits per heavy atom. The van der Waals surface area contributed by atoms with Crippen LogP contribution >= 0.6 is 0 Å². The van der Waals surface area contributed by atoms with Crippen LogP contribution in [0.3, 0.4) is 0 Å². The van der Waals surface area contributed by atoms with Gasteiger partial charge < -0.3 is 18.9 Å². The number of carbonyl (C=O) groups excluding carboxylic acids is 3. The fraction of sp³-hybridized carbons (Fsp3) is 0.643. The molecule has 13 heteroatoms. The Labute approximate surface area is 150 Å². The van der Waals surface area contributed by atoms with Crippen molar-refractivity contribution in [3.63, 3.8) is 0 Å². The summed E-state index contributed by atoms with van der Waals surface area (Å²) in [5.41, 5.74) is -1.26. The summed E-state index contributed by atoms with van der Waals surface area (Å²) in [5.74, 6) is -2.35. The molecule has 1 aliphatic rings. The minimum atomic E-state index is -4.82. The van der Waals surface area contributed by atoms with E-state index in [0.717, 1.165) is 20.8 Å². The van der Waals surface area contributed by atoms with E-state index in [-0.39, 0.29) is 0 Å². The molecule has 10 nitrogen and oxygen atoms in total. The van der Waals surface area contributed by atoms with Crippen molar-refractivity contribution in [2.45, 2.75) is 51.5 Å². The van der Waals surface area contributed by atoms with Gasteiger partial charge in [-0.15, -0.1) is 5.10 Å². The highest BCUT2D eigenvalue weighted by molar-refractivity contribution is 5.67. The van der Waals surface area contributed by atoms with Crippen molar-refractivity contribution in [1.82, 2.24) is 15.0 Å². The Morgan fingerprint density at radius 1 is 1.11 bits per heavy atom. The lowest BCUT2D eigenvalue weighted by Gasteiger charge is -2.23. The summed E-state index contributed by atoms with van der Waals surface area (Å²) in [5, 5.41) is 6.56. The van der Waals surface area contributed by atoms with Gasteiger partial charge in [-0.3, -0.25) is 14.4 Å². The number of nitrogens with zero attached hydrogens (tertiary/aromatic N) is 3. The molecule has 1 aliphatic heterocycles. The fourth-order valence-corrected chi connectivity index (χ4v) is 2.52. The van der Waals surface area contributed by atoms with Gasteiger partial charge in [0.05, 0.1) is 6.20 Å². The van der Waals surface area contributed by atoms with Gasteiger partial charge in [0.2, 0.25) is 0 Å². The zero-order valence-corrected chi connectivity index (χ0v) is 14.4. The van der Waals surface area contributed by atoms with Crippen LogP contribution in [0.2, 0.25) is 0 Å². The second kappa shape index (κ2) is 7.90. The van der Waals surface area contributed by atoms with Gasteiger partial charge in [-0.25, -0.2) is 4.68 Å². The zero-order chi connectivity index (χ0) is 20.4. The first kappa shape index (κ1) is 20.6. The van der Waals surface area contributed by atoms with Gasteiger partial charge in [-0.1, -0.05) is 5.21 Å². The van der Waals surface area contributed by atoms with Crippen LogP contribution in [0.1, 0.15) is 32.7 Å². The quantitative estimate of drug-likeness (QED) is 0.522.